The maximum absolute atomic E-state index is 13.9. The van der Waals surface area contributed by atoms with Gasteiger partial charge in [-0.05, 0) is 43.7 Å². The number of nitrogen functional groups attached to an aromatic ring is 1. The van der Waals surface area contributed by atoms with Gasteiger partial charge in [0.05, 0.1) is 35.3 Å². The summed E-state index contributed by atoms with van der Waals surface area (Å²) in [4.78, 5) is 18.1. The third-order valence-electron chi connectivity index (χ3n) is 6.04. The second-order valence-corrected chi connectivity index (χ2v) is 9.11. The van der Waals surface area contributed by atoms with Crippen molar-refractivity contribution in [2.75, 3.05) is 50.4 Å². The van der Waals surface area contributed by atoms with E-state index in [0.717, 1.165) is 57.4 Å². The maximum Gasteiger partial charge on any atom is 0.341 e. The van der Waals surface area contributed by atoms with Crippen LogP contribution in [0.4, 0.5) is 25.8 Å². The molecule has 6 N–H and O–H groups in total. The molecule has 1 aliphatic heterocycles. The molecule has 2 aromatic carbocycles. The molecule has 0 amide bonds. The number of anilines is 2. The van der Waals surface area contributed by atoms with E-state index in [4.69, 9.17) is 22.1 Å². The predicted molar refractivity (Wildman–Crippen MR) is 143 cm³/mol. The fourth-order valence-corrected chi connectivity index (χ4v) is 4.32. The van der Waals surface area contributed by atoms with Crippen LogP contribution in [0.3, 0.4) is 0 Å². The van der Waals surface area contributed by atoms with Crippen molar-refractivity contribution >= 4 is 46.6 Å². The third kappa shape index (κ3) is 7.64. The van der Waals surface area contributed by atoms with Crippen molar-refractivity contribution in [3.8, 4) is 0 Å². The van der Waals surface area contributed by atoms with Crippen LogP contribution in [0.15, 0.2) is 34.8 Å². The number of nitrogens with zero attached hydrogens (tertiary/aromatic N) is 2. The lowest BCUT2D eigenvalue weighted by Crippen LogP contribution is -2.28. The zero-order valence-corrected chi connectivity index (χ0v) is 21.5. The van der Waals surface area contributed by atoms with E-state index in [9.17, 15) is 28.9 Å². The van der Waals surface area contributed by atoms with Gasteiger partial charge in [0.2, 0.25) is 0 Å². The molecule has 9 nitrogen and oxygen atoms in total. The molecule has 0 spiro atoms. The van der Waals surface area contributed by atoms with Crippen LogP contribution in [-0.2, 0) is 22.8 Å². The van der Waals surface area contributed by atoms with E-state index in [-0.39, 0.29) is 33.1 Å². The van der Waals surface area contributed by atoms with Gasteiger partial charge in [0, 0.05) is 49.1 Å². The fourth-order valence-electron chi connectivity index (χ4n) is 4.01. The summed E-state index contributed by atoms with van der Waals surface area (Å²) in [5, 5.41) is 33.1. The first-order chi connectivity index (χ1) is 18.2. The van der Waals surface area contributed by atoms with E-state index in [1.54, 1.807) is 0 Å². The molecule has 1 saturated heterocycles. The highest BCUT2D eigenvalue weighted by atomic mass is 35.5. The summed E-state index contributed by atoms with van der Waals surface area (Å²) in [6.07, 6.45) is 2.61. The lowest BCUT2D eigenvalue weighted by atomic mass is 10.0. The topological polar surface area (TPSA) is 141 Å². The zero-order chi connectivity index (χ0) is 27.7. The molecule has 1 fully saturated rings. The smallest absolute Gasteiger partial charge is 0.341 e. The normalized spacial score (nSPS) is 15.4. The van der Waals surface area contributed by atoms with Crippen molar-refractivity contribution in [3.05, 3.63) is 57.4 Å². The van der Waals surface area contributed by atoms with Crippen LogP contribution in [0, 0.1) is 5.82 Å². The predicted octanol–water partition coefficient (Wildman–Crippen LogP) is 4.30. The number of hydrogen-bond donors (Lipinski definition) is 5. The van der Waals surface area contributed by atoms with Gasteiger partial charge in [-0.3, -0.25) is 4.99 Å². The van der Waals surface area contributed by atoms with Crippen molar-refractivity contribution in [3.63, 3.8) is 0 Å². The summed E-state index contributed by atoms with van der Waals surface area (Å²) in [5.74, 6) is -2.98. The van der Waals surface area contributed by atoms with Gasteiger partial charge in [0.15, 0.2) is 0 Å². The number of carbonyl (C=O) groups is 1. The highest BCUT2D eigenvalue weighted by Gasteiger charge is 2.18. The highest BCUT2D eigenvalue weighted by Crippen LogP contribution is 2.32. The van der Waals surface area contributed by atoms with Crippen LogP contribution in [0.5, 0.6) is 0 Å². The number of rotatable bonds is 11. The molecule has 0 radical (unpaired) electrons. The fraction of sp³-hybridized carbons (Fsp3) is 0.385. The standard InChI is InChI=1S/C26H31ClF2N4O5/c27-20-10-16(9-17(13-28)24(20)31-3-1-4-33-5-2-7-38-8-6-33)25(35)19(26(36)37)14-32-23-12-22(30)21(29)11-18(23)15-34/h9-12,14,31,34-35H,1-8,13,15,30H2,(H,36,37). The number of hydrogen-bond acceptors (Lipinski definition) is 8. The molecule has 2 aromatic rings. The molecule has 1 heterocycles. The van der Waals surface area contributed by atoms with Crippen LogP contribution in [0.25, 0.3) is 5.76 Å². The van der Waals surface area contributed by atoms with Crippen molar-refractivity contribution in [1.29, 1.82) is 0 Å². The number of carboxylic acids is 1. The molecule has 3 rings (SSSR count). The van der Waals surface area contributed by atoms with E-state index >= 15 is 0 Å². The molecule has 12 heteroatoms. The van der Waals surface area contributed by atoms with Crippen molar-refractivity contribution < 1.29 is 33.6 Å². The third-order valence-corrected chi connectivity index (χ3v) is 6.34. The number of aliphatic imine (C=N–C) groups is 1. The van der Waals surface area contributed by atoms with Gasteiger partial charge < -0.3 is 36.0 Å². The van der Waals surface area contributed by atoms with Crippen molar-refractivity contribution in [1.82, 2.24) is 4.90 Å². The number of aliphatic carboxylic acids is 1. The Bertz CT molecular complexity index is 1200. The number of aliphatic hydroxyl groups excluding tert-OH is 2. The molecule has 0 bridgehead atoms. The number of alkyl halides is 1. The highest BCUT2D eigenvalue weighted by molar-refractivity contribution is 6.33. The Balaban J connectivity index is 1.81. The van der Waals surface area contributed by atoms with Gasteiger partial charge in [-0.15, -0.1) is 0 Å². The van der Waals surface area contributed by atoms with Crippen LogP contribution < -0.4 is 11.1 Å². The number of carboxylic acid groups (broad SMARTS) is 1. The molecular formula is C26H31ClF2N4O5. The number of aliphatic hydroxyl groups is 2. The van der Waals surface area contributed by atoms with Gasteiger partial charge in [0.1, 0.15) is 23.8 Å². The van der Waals surface area contributed by atoms with E-state index in [0.29, 0.717) is 18.8 Å². The number of nitrogens with one attached hydrogen (secondary N) is 1. The Morgan fingerprint density at radius 3 is 2.71 bits per heavy atom. The molecule has 0 aromatic heterocycles. The number of nitrogens with two attached hydrogens (primary N) is 1. The molecule has 38 heavy (non-hydrogen) atoms. The Morgan fingerprint density at radius 2 is 2.00 bits per heavy atom. The van der Waals surface area contributed by atoms with Gasteiger partial charge in [-0.2, -0.15) is 0 Å². The van der Waals surface area contributed by atoms with Crippen molar-refractivity contribution in [2.24, 2.45) is 4.99 Å². The SMILES string of the molecule is Nc1cc(N=CC(C(=O)O)=C(O)c2cc(Cl)c(NCCCN3CCCOCC3)c(CF)c2)c(CO)cc1F. The molecule has 1 aliphatic rings. The lowest BCUT2D eigenvalue weighted by Gasteiger charge is -2.20. The molecule has 0 aliphatic carbocycles. The van der Waals surface area contributed by atoms with E-state index in [2.05, 4.69) is 15.2 Å². The van der Waals surface area contributed by atoms with Gasteiger partial charge in [0.25, 0.3) is 0 Å². The number of ether oxygens (including phenoxy) is 1. The van der Waals surface area contributed by atoms with Gasteiger partial charge in [-0.25, -0.2) is 13.6 Å². The molecule has 0 saturated carbocycles. The first kappa shape index (κ1) is 29.3. The Hall–Kier alpha value is -3.25. The van der Waals surface area contributed by atoms with Crippen molar-refractivity contribution in [2.45, 2.75) is 26.1 Å². The van der Waals surface area contributed by atoms with Crippen LogP contribution >= 0.6 is 11.6 Å². The average molecular weight is 553 g/mol. The summed E-state index contributed by atoms with van der Waals surface area (Å²) < 4.78 is 33.0. The van der Waals surface area contributed by atoms with Crippen LogP contribution in [0.1, 0.15) is 29.5 Å². The van der Waals surface area contributed by atoms with Crippen LogP contribution in [-0.4, -0.2) is 71.8 Å². The summed E-state index contributed by atoms with van der Waals surface area (Å²) in [6, 6.07) is 4.75. The average Bonchev–Trinajstić information content (AvgIpc) is 3.17. The molecule has 0 unspecified atom stereocenters. The first-order valence-electron chi connectivity index (χ1n) is 12.1. The summed E-state index contributed by atoms with van der Waals surface area (Å²) in [5.41, 5.74) is 5.25. The van der Waals surface area contributed by atoms with E-state index in [1.807, 2.05) is 0 Å². The molecular weight excluding hydrogens is 522 g/mol. The summed E-state index contributed by atoms with van der Waals surface area (Å²) >= 11 is 6.39. The quantitative estimate of drug-likeness (QED) is 0.0913. The lowest BCUT2D eigenvalue weighted by molar-refractivity contribution is -0.132. The maximum atomic E-state index is 13.9. The van der Waals surface area contributed by atoms with Crippen LogP contribution in [0.2, 0.25) is 5.02 Å². The Kier molecular flexibility index (Phi) is 10.8. The number of halogens is 3. The second-order valence-electron chi connectivity index (χ2n) is 8.70. The minimum atomic E-state index is -1.52. The molecule has 206 valence electrons. The monoisotopic (exact) mass is 552 g/mol. The summed E-state index contributed by atoms with van der Waals surface area (Å²) in [6.45, 7) is 3.19. The Morgan fingerprint density at radius 1 is 1.21 bits per heavy atom. The number of benzene rings is 2. The zero-order valence-electron chi connectivity index (χ0n) is 20.7. The van der Waals surface area contributed by atoms with E-state index < -0.39 is 36.4 Å². The molecule has 0 atom stereocenters. The summed E-state index contributed by atoms with van der Waals surface area (Å²) in [7, 11) is 0. The largest absolute Gasteiger partial charge is 0.506 e. The van der Waals surface area contributed by atoms with Gasteiger partial charge in [-0.1, -0.05) is 11.6 Å². The minimum absolute atomic E-state index is 0.0210. The Labute approximate surface area is 224 Å². The minimum Gasteiger partial charge on any atom is -0.506 e. The first-order valence-corrected chi connectivity index (χ1v) is 12.4. The van der Waals surface area contributed by atoms with Gasteiger partial charge >= 0.3 is 5.97 Å². The second kappa shape index (κ2) is 14.1. The van der Waals surface area contributed by atoms with E-state index in [1.165, 1.54) is 12.1 Å².